The van der Waals surface area contributed by atoms with Crippen LogP contribution in [0.2, 0.25) is 0 Å². The van der Waals surface area contributed by atoms with E-state index in [4.69, 9.17) is 4.18 Å². The second-order valence-electron chi connectivity index (χ2n) is 9.76. The third-order valence-corrected chi connectivity index (χ3v) is 9.53. The second kappa shape index (κ2) is 5.81. The summed E-state index contributed by atoms with van der Waals surface area (Å²) in [5.74, 6) is 1.61. The van der Waals surface area contributed by atoms with Crippen LogP contribution in [0.25, 0.3) is 0 Å². The number of hydrogen-bond acceptors (Lipinski definition) is 3. The van der Waals surface area contributed by atoms with Gasteiger partial charge in [0.25, 0.3) is 10.1 Å². The maximum Gasteiger partial charge on any atom is 0.297 e. The lowest BCUT2D eigenvalue weighted by molar-refractivity contribution is -0.0433. The fourth-order valence-electron chi connectivity index (χ4n) is 6.95. The fraction of sp³-hybridized carbons (Fsp3) is 0.727. The van der Waals surface area contributed by atoms with Crippen molar-refractivity contribution in [2.24, 2.45) is 22.7 Å². The highest BCUT2D eigenvalue weighted by Crippen LogP contribution is 2.66. The van der Waals surface area contributed by atoms with Gasteiger partial charge in [-0.05, 0) is 106 Å². The average Bonchev–Trinajstić information content (AvgIpc) is 3.41. The van der Waals surface area contributed by atoms with Gasteiger partial charge in [-0.25, -0.2) is 0 Å². The SMILES string of the molecule is Cc1ccc(S(=O)(=O)OC(C23CCC(CC2)C3)C23CCC(CC2)C3)cc1. The molecule has 142 valence electrons. The molecule has 0 aromatic heterocycles. The molecule has 3 nitrogen and oxygen atoms in total. The van der Waals surface area contributed by atoms with Crippen molar-refractivity contribution in [2.45, 2.75) is 82.1 Å². The van der Waals surface area contributed by atoms with Crippen LogP contribution in [0, 0.1) is 29.6 Å². The van der Waals surface area contributed by atoms with Crippen molar-refractivity contribution < 1.29 is 12.6 Å². The number of rotatable bonds is 5. The van der Waals surface area contributed by atoms with Crippen molar-refractivity contribution in [1.82, 2.24) is 0 Å². The highest BCUT2D eigenvalue weighted by atomic mass is 32.2. The quantitative estimate of drug-likeness (QED) is 0.663. The van der Waals surface area contributed by atoms with E-state index >= 15 is 0 Å². The zero-order valence-electron chi connectivity index (χ0n) is 15.7. The minimum absolute atomic E-state index is 0.110. The number of fused-ring (bicyclic) bond motifs is 4. The van der Waals surface area contributed by atoms with E-state index in [1.165, 1.54) is 38.5 Å². The molecule has 4 saturated carbocycles. The summed E-state index contributed by atoms with van der Waals surface area (Å²) in [5.41, 5.74) is 1.30. The first-order valence-corrected chi connectivity index (χ1v) is 11.8. The van der Waals surface area contributed by atoms with Gasteiger partial charge in [0.2, 0.25) is 0 Å². The predicted octanol–water partition coefficient (Wildman–Crippen LogP) is 5.23. The molecule has 4 aliphatic rings. The largest absolute Gasteiger partial charge is 0.297 e. The Kier molecular flexibility index (Phi) is 3.85. The first kappa shape index (κ1) is 17.2. The third-order valence-electron chi connectivity index (χ3n) is 8.24. The second-order valence-corrected chi connectivity index (χ2v) is 11.3. The van der Waals surface area contributed by atoms with Crippen LogP contribution < -0.4 is 0 Å². The first-order valence-electron chi connectivity index (χ1n) is 10.4. The molecule has 4 aliphatic carbocycles. The van der Waals surface area contributed by atoms with Crippen LogP contribution in [-0.4, -0.2) is 14.5 Å². The van der Waals surface area contributed by atoms with Gasteiger partial charge in [0.1, 0.15) is 0 Å². The number of benzene rings is 1. The van der Waals surface area contributed by atoms with Crippen LogP contribution in [-0.2, 0) is 14.3 Å². The van der Waals surface area contributed by atoms with Gasteiger partial charge in [-0.1, -0.05) is 17.7 Å². The molecule has 4 bridgehead atoms. The van der Waals surface area contributed by atoms with E-state index in [1.807, 2.05) is 19.1 Å². The van der Waals surface area contributed by atoms with Crippen molar-refractivity contribution in [3.63, 3.8) is 0 Å². The maximum atomic E-state index is 13.2. The Balaban J connectivity index is 1.51. The summed E-state index contributed by atoms with van der Waals surface area (Å²) in [4.78, 5) is 0.320. The Hall–Kier alpha value is -0.870. The zero-order chi connectivity index (χ0) is 18.0. The summed E-state index contributed by atoms with van der Waals surface area (Å²) >= 11 is 0. The van der Waals surface area contributed by atoms with Crippen LogP contribution in [0.3, 0.4) is 0 Å². The van der Waals surface area contributed by atoms with Crippen LogP contribution in [0.5, 0.6) is 0 Å². The van der Waals surface area contributed by atoms with Gasteiger partial charge in [0.05, 0.1) is 11.0 Å². The highest BCUT2D eigenvalue weighted by molar-refractivity contribution is 7.86. The number of aryl methyl sites for hydroxylation is 1. The molecule has 26 heavy (non-hydrogen) atoms. The molecule has 0 radical (unpaired) electrons. The first-order chi connectivity index (χ1) is 12.4. The van der Waals surface area contributed by atoms with Gasteiger partial charge in [-0.2, -0.15) is 8.42 Å². The standard InChI is InChI=1S/C22H30O3S/c1-16-2-4-19(5-3-16)26(23,24)25-20(21-10-6-17(14-21)7-11-21)22-12-8-18(15-22)9-13-22/h2-5,17-18,20H,6-15H2,1H3. The summed E-state index contributed by atoms with van der Waals surface area (Å²) < 4.78 is 32.6. The zero-order valence-corrected chi connectivity index (χ0v) is 16.6. The summed E-state index contributed by atoms with van der Waals surface area (Å²) in [6, 6.07) is 7.14. The molecule has 0 heterocycles. The van der Waals surface area contributed by atoms with E-state index < -0.39 is 10.1 Å². The Morgan fingerprint density at radius 3 is 1.73 bits per heavy atom. The van der Waals surface area contributed by atoms with E-state index in [0.717, 1.165) is 43.1 Å². The molecule has 0 spiro atoms. The monoisotopic (exact) mass is 374 g/mol. The van der Waals surface area contributed by atoms with E-state index in [2.05, 4.69) is 0 Å². The Morgan fingerprint density at radius 1 is 0.885 bits per heavy atom. The molecule has 0 saturated heterocycles. The smallest absolute Gasteiger partial charge is 0.262 e. The Morgan fingerprint density at radius 2 is 1.35 bits per heavy atom. The lowest BCUT2D eigenvalue weighted by atomic mass is 9.65. The summed E-state index contributed by atoms with van der Waals surface area (Å²) in [6.45, 7) is 1.98. The van der Waals surface area contributed by atoms with Gasteiger partial charge in [-0.3, -0.25) is 4.18 Å². The van der Waals surface area contributed by atoms with E-state index in [0.29, 0.717) is 4.90 Å². The van der Waals surface area contributed by atoms with Crippen molar-refractivity contribution in [2.75, 3.05) is 0 Å². The maximum absolute atomic E-state index is 13.2. The van der Waals surface area contributed by atoms with Gasteiger partial charge in [-0.15, -0.1) is 0 Å². The fourth-order valence-corrected chi connectivity index (χ4v) is 8.19. The number of hydrogen-bond donors (Lipinski definition) is 0. The van der Waals surface area contributed by atoms with Crippen LogP contribution >= 0.6 is 0 Å². The molecule has 4 heteroatoms. The Bertz CT molecular complexity index is 749. The molecule has 5 rings (SSSR count). The van der Waals surface area contributed by atoms with Crippen molar-refractivity contribution in [1.29, 1.82) is 0 Å². The van der Waals surface area contributed by atoms with E-state index in [-0.39, 0.29) is 16.9 Å². The molecule has 4 fully saturated rings. The van der Waals surface area contributed by atoms with Crippen molar-refractivity contribution in [3.05, 3.63) is 29.8 Å². The van der Waals surface area contributed by atoms with E-state index in [1.54, 1.807) is 12.1 Å². The molecule has 0 atom stereocenters. The lowest BCUT2D eigenvalue weighted by Crippen LogP contribution is -2.47. The van der Waals surface area contributed by atoms with Crippen LogP contribution in [0.15, 0.2) is 29.2 Å². The minimum atomic E-state index is -3.71. The van der Waals surface area contributed by atoms with Crippen LogP contribution in [0.1, 0.15) is 69.8 Å². The van der Waals surface area contributed by atoms with Crippen molar-refractivity contribution in [3.8, 4) is 0 Å². The molecule has 0 aliphatic heterocycles. The summed E-state index contributed by atoms with van der Waals surface area (Å²) in [6.07, 6.45) is 12.0. The van der Waals surface area contributed by atoms with Crippen LogP contribution in [0.4, 0.5) is 0 Å². The molecular weight excluding hydrogens is 344 g/mol. The molecular formula is C22H30O3S. The summed E-state index contributed by atoms with van der Waals surface area (Å²) in [7, 11) is -3.71. The highest BCUT2D eigenvalue weighted by Gasteiger charge is 2.61. The predicted molar refractivity (Wildman–Crippen MR) is 101 cm³/mol. The molecule has 0 unspecified atom stereocenters. The normalized spacial score (nSPS) is 39.6. The van der Waals surface area contributed by atoms with E-state index in [9.17, 15) is 8.42 Å². The van der Waals surface area contributed by atoms with Gasteiger partial charge < -0.3 is 0 Å². The lowest BCUT2D eigenvalue weighted by Gasteiger charge is -2.45. The Labute approximate surface area is 157 Å². The van der Waals surface area contributed by atoms with Gasteiger partial charge in [0, 0.05) is 0 Å². The third kappa shape index (κ3) is 2.59. The molecule has 0 N–H and O–H groups in total. The van der Waals surface area contributed by atoms with Gasteiger partial charge in [0.15, 0.2) is 0 Å². The van der Waals surface area contributed by atoms with Gasteiger partial charge >= 0.3 is 0 Å². The summed E-state index contributed by atoms with van der Waals surface area (Å²) in [5, 5.41) is 0. The molecule has 1 aromatic carbocycles. The average molecular weight is 375 g/mol. The molecule has 0 amide bonds. The molecule has 1 aromatic rings. The minimum Gasteiger partial charge on any atom is -0.262 e. The van der Waals surface area contributed by atoms with Crippen molar-refractivity contribution >= 4 is 10.1 Å². The topological polar surface area (TPSA) is 43.4 Å².